The number of alkyl halides is 3. The molecule has 0 fully saturated rings. The van der Waals surface area contributed by atoms with E-state index in [0.717, 1.165) is 0 Å². The van der Waals surface area contributed by atoms with Crippen molar-refractivity contribution in [2.24, 2.45) is 0 Å². The molecule has 102 valence electrons. The van der Waals surface area contributed by atoms with Crippen molar-refractivity contribution < 1.29 is 18.0 Å². The summed E-state index contributed by atoms with van der Waals surface area (Å²) in [6.07, 6.45) is -1.00. The third-order valence-electron chi connectivity index (χ3n) is 2.21. The van der Waals surface area contributed by atoms with Gasteiger partial charge in [0.1, 0.15) is 6.54 Å². The second-order valence-corrected chi connectivity index (χ2v) is 3.78. The van der Waals surface area contributed by atoms with Crippen molar-refractivity contribution in [1.29, 1.82) is 0 Å². The molecule has 0 spiro atoms. The van der Waals surface area contributed by atoms with Gasteiger partial charge in [-0.2, -0.15) is 18.3 Å². The van der Waals surface area contributed by atoms with Gasteiger partial charge in [0.2, 0.25) is 5.91 Å². The molecule has 1 aromatic heterocycles. The van der Waals surface area contributed by atoms with Gasteiger partial charge in [0.25, 0.3) is 0 Å². The molecule has 0 radical (unpaired) electrons. The molecular weight excluding hydrogens is 249 g/mol. The number of rotatable bonds is 6. The number of nitrogens with one attached hydrogen (secondary N) is 2. The molecule has 1 amide bonds. The normalized spacial score (nSPS) is 13.3. The van der Waals surface area contributed by atoms with Crippen LogP contribution in [0.2, 0.25) is 0 Å². The molecule has 1 rings (SSSR count). The van der Waals surface area contributed by atoms with Crippen LogP contribution in [-0.4, -0.2) is 41.0 Å². The second-order valence-electron chi connectivity index (χ2n) is 3.78. The standard InChI is InChI=1S/C10H15F3N4O/c1-8(9(18)15-7-10(11,12)13)14-4-6-17-5-2-3-16-17/h2-3,5,8,14H,4,6-7H2,1H3,(H,15,18). The zero-order valence-corrected chi connectivity index (χ0v) is 9.87. The van der Waals surface area contributed by atoms with Crippen LogP contribution in [-0.2, 0) is 11.3 Å². The number of nitrogens with zero attached hydrogens (tertiary/aromatic N) is 2. The van der Waals surface area contributed by atoms with E-state index < -0.39 is 24.7 Å². The third-order valence-corrected chi connectivity index (χ3v) is 2.21. The number of amides is 1. The fourth-order valence-electron chi connectivity index (χ4n) is 1.26. The Kier molecular flexibility index (Phi) is 5.14. The maximum absolute atomic E-state index is 11.9. The van der Waals surface area contributed by atoms with Crippen LogP contribution in [0.15, 0.2) is 18.5 Å². The van der Waals surface area contributed by atoms with Crippen LogP contribution in [0, 0.1) is 0 Å². The predicted octanol–water partition coefficient (Wildman–Crippen LogP) is 0.540. The van der Waals surface area contributed by atoms with E-state index in [1.807, 2.05) is 5.32 Å². The molecule has 2 N–H and O–H groups in total. The number of hydrogen-bond acceptors (Lipinski definition) is 3. The molecule has 1 atom stereocenters. The fraction of sp³-hybridized carbons (Fsp3) is 0.600. The van der Waals surface area contributed by atoms with Gasteiger partial charge in [0, 0.05) is 18.9 Å². The quantitative estimate of drug-likeness (QED) is 0.788. The smallest absolute Gasteiger partial charge is 0.346 e. The van der Waals surface area contributed by atoms with Crippen molar-refractivity contribution in [1.82, 2.24) is 20.4 Å². The second kappa shape index (κ2) is 6.39. The van der Waals surface area contributed by atoms with Gasteiger partial charge in [-0.15, -0.1) is 0 Å². The highest BCUT2D eigenvalue weighted by Crippen LogP contribution is 2.12. The number of halogens is 3. The van der Waals surface area contributed by atoms with Crippen molar-refractivity contribution in [2.45, 2.75) is 25.7 Å². The van der Waals surface area contributed by atoms with Gasteiger partial charge < -0.3 is 10.6 Å². The molecule has 1 heterocycles. The van der Waals surface area contributed by atoms with E-state index in [4.69, 9.17) is 0 Å². The minimum absolute atomic E-state index is 0.447. The SMILES string of the molecule is CC(NCCn1cccn1)C(=O)NCC(F)(F)F. The Morgan fingerprint density at radius 2 is 2.22 bits per heavy atom. The molecule has 0 aliphatic rings. The molecule has 0 aromatic carbocycles. The molecule has 0 aliphatic carbocycles. The van der Waals surface area contributed by atoms with Gasteiger partial charge in [-0.05, 0) is 13.0 Å². The summed E-state index contributed by atoms with van der Waals surface area (Å²) >= 11 is 0. The van der Waals surface area contributed by atoms with E-state index in [1.54, 1.807) is 23.1 Å². The lowest BCUT2D eigenvalue weighted by atomic mass is 10.3. The van der Waals surface area contributed by atoms with Gasteiger partial charge in [-0.25, -0.2) is 0 Å². The van der Waals surface area contributed by atoms with Crippen molar-refractivity contribution in [3.63, 3.8) is 0 Å². The Morgan fingerprint density at radius 1 is 1.50 bits per heavy atom. The van der Waals surface area contributed by atoms with E-state index in [0.29, 0.717) is 13.1 Å². The minimum Gasteiger partial charge on any atom is -0.346 e. The van der Waals surface area contributed by atoms with E-state index in [1.165, 1.54) is 6.92 Å². The average Bonchev–Trinajstić information content (AvgIpc) is 2.77. The van der Waals surface area contributed by atoms with Gasteiger partial charge in [-0.1, -0.05) is 0 Å². The lowest BCUT2D eigenvalue weighted by molar-refractivity contribution is -0.139. The van der Waals surface area contributed by atoms with E-state index in [-0.39, 0.29) is 0 Å². The number of carbonyl (C=O) groups is 1. The molecule has 0 saturated heterocycles. The largest absolute Gasteiger partial charge is 0.405 e. The molecular formula is C10H15F3N4O. The summed E-state index contributed by atoms with van der Waals surface area (Å²) in [7, 11) is 0. The van der Waals surface area contributed by atoms with Gasteiger partial charge in [0.15, 0.2) is 0 Å². The van der Waals surface area contributed by atoms with Crippen LogP contribution in [0.1, 0.15) is 6.92 Å². The summed E-state index contributed by atoms with van der Waals surface area (Å²) < 4.78 is 37.3. The van der Waals surface area contributed by atoms with E-state index in [9.17, 15) is 18.0 Å². The Bertz CT molecular complexity index is 364. The molecule has 18 heavy (non-hydrogen) atoms. The first-order valence-corrected chi connectivity index (χ1v) is 5.44. The van der Waals surface area contributed by atoms with Crippen molar-refractivity contribution in [3.05, 3.63) is 18.5 Å². The highest BCUT2D eigenvalue weighted by atomic mass is 19.4. The maximum atomic E-state index is 11.9. The fourth-order valence-corrected chi connectivity index (χ4v) is 1.26. The van der Waals surface area contributed by atoms with Crippen molar-refractivity contribution in [3.8, 4) is 0 Å². The van der Waals surface area contributed by atoms with Crippen LogP contribution in [0.5, 0.6) is 0 Å². The van der Waals surface area contributed by atoms with Crippen LogP contribution < -0.4 is 10.6 Å². The lowest BCUT2D eigenvalue weighted by Gasteiger charge is -2.15. The summed E-state index contributed by atoms with van der Waals surface area (Å²) in [6, 6.07) is 1.09. The maximum Gasteiger partial charge on any atom is 0.405 e. The number of carbonyl (C=O) groups excluding carboxylic acids is 1. The zero-order chi connectivity index (χ0) is 13.6. The molecule has 5 nitrogen and oxygen atoms in total. The molecule has 0 aliphatic heterocycles. The van der Waals surface area contributed by atoms with Gasteiger partial charge in [-0.3, -0.25) is 9.48 Å². The number of aromatic nitrogens is 2. The van der Waals surface area contributed by atoms with Gasteiger partial charge >= 0.3 is 6.18 Å². The number of hydrogen-bond donors (Lipinski definition) is 2. The highest BCUT2D eigenvalue weighted by Gasteiger charge is 2.28. The summed E-state index contributed by atoms with van der Waals surface area (Å²) in [5.74, 6) is -0.673. The molecule has 8 heteroatoms. The Morgan fingerprint density at radius 3 is 2.78 bits per heavy atom. The minimum atomic E-state index is -4.38. The Hall–Kier alpha value is -1.57. The topological polar surface area (TPSA) is 59.0 Å². The summed E-state index contributed by atoms with van der Waals surface area (Å²) in [6.45, 7) is 1.19. The highest BCUT2D eigenvalue weighted by molar-refractivity contribution is 5.81. The van der Waals surface area contributed by atoms with Gasteiger partial charge in [0.05, 0.1) is 12.6 Å². The summed E-state index contributed by atoms with van der Waals surface area (Å²) in [4.78, 5) is 11.3. The summed E-state index contributed by atoms with van der Waals surface area (Å²) in [5, 5.41) is 8.59. The molecule has 0 bridgehead atoms. The van der Waals surface area contributed by atoms with Crippen LogP contribution in [0.4, 0.5) is 13.2 Å². The average molecular weight is 264 g/mol. The Labute approximate surface area is 102 Å². The Balaban J connectivity index is 2.19. The predicted molar refractivity (Wildman–Crippen MR) is 58.8 cm³/mol. The molecule has 1 aromatic rings. The van der Waals surface area contributed by atoms with E-state index >= 15 is 0 Å². The van der Waals surface area contributed by atoms with Crippen LogP contribution in [0.25, 0.3) is 0 Å². The van der Waals surface area contributed by atoms with Crippen molar-refractivity contribution in [2.75, 3.05) is 13.1 Å². The molecule has 0 saturated carbocycles. The first-order valence-electron chi connectivity index (χ1n) is 5.44. The lowest BCUT2D eigenvalue weighted by Crippen LogP contribution is -2.45. The monoisotopic (exact) mass is 264 g/mol. The molecule has 1 unspecified atom stereocenters. The van der Waals surface area contributed by atoms with Crippen LogP contribution in [0.3, 0.4) is 0 Å². The third kappa shape index (κ3) is 5.67. The van der Waals surface area contributed by atoms with E-state index in [2.05, 4.69) is 10.4 Å². The van der Waals surface area contributed by atoms with Crippen molar-refractivity contribution >= 4 is 5.91 Å². The van der Waals surface area contributed by atoms with Crippen LogP contribution >= 0.6 is 0 Å². The first kappa shape index (κ1) is 14.5. The first-order chi connectivity index (χ1) is 8.38. The zero-order valence-electron chi connectivity index (χ0n) is 9.87. The summed E-state index contributed by atoms with van der Waals surface area (Å²) in [5.41, 5.74) is 0.